The number of ether oxygens (including phenoxy) is 1. The fourth-order valence-electron chi connectivity index (χ4n) is 1.51. The van der Waals surface area contributed by atoms with Crippen molar-refractivity contribution in [3.8, 4) is 5.75 Å². The Hall–Kier alpha value is -1.51. The minimum atomic E-state index is 0.886. The third-order valence-corrected chi connectivity index (χ3v) is 2.17. The standard InChI is InChI=1S/C10H12N2O/c1-3-12-9-5-4-6-10(13-2)8(9)7-11-12/h4-7H,3H2,1-2H3. The molecule has 0 spiro atoms. The summed E-state index contributed by atoms with van der Waals surface area (Å²) in [7, 11) is 1.68. The average Bonchev–Trinajstić information content (AvgIpc) is 2.60. The second-order valence-electron chi connectivity index (χ2n) is 2.85. The molecular formula is C10H12N2O. The van der Waals surface area contributed by atoms with Gasteiger partial charge in [0.1, 0.15) is 5.75 Å². The van der Waals surface area contributed by atoms with E-state index in [0.29, 0.717) is 0 Å². The molecule has 1 heterocycles. The van der Waals surface area contributed by atoms with E-state index in [1.54, 1.807) is 7.11 Å². The molecule has 0 bridgehead atoms. The molecule has 0 unspecified atom stereocenters. The number of aromatic nitrogens is 2. The van der Waals surface area contributed by atoms with Crippen LogP contribution in [-0.2, 0) is 6.54 Å². The van der Waals surface area contributed by atoms with Gasteiger partial charge in [-0.25, -0.2) is 0 Å². The first kappa shape index (κ1) is 8.10. The average molecular weight is 176 g/mol. The van der Waals surface area contributed by atoms with Crippen LogP contribution in [0.25, 0.3) is 10.9 Å². The fraction of sp³-hybridized carbons (Fsp3) is 0.300. The molecule has 1 aromatic heterocycles. The summed E-state index contributed by atoms with van der Waals surface area (Å²) >= 11 is 0. The van der Waals surface area contributed by atoms with Crippen LogP contribution < -0.4 is 4.74 Å². The molecular weight excluding hydrogens is 164 g/mol. The predicted molar refractivity (Wildman–Crippen MR) is 52.0 cm³/mol. The second-order valence-corrected chi connectivity index (χ2v) is 2.85. The molecule has 0 N–H and O–H groups in total. The summed E-state index contributed by atoms with van der Waals surface area (Å²) in [5.74, 6) is 0.886. The first-order valence-electron chi connectivity index (χ1n) is 4.35. The molecule has 0 saturated heterocycles. The van der Waals surface area contributed by atoms with Crippen molar-refractivity contribution in [3.05, 3.63) is 24.4 Å². The van der Waals surface area contributed by atoms with Crippen molar-refractivity contribution in [2.45, 2.75) is 13.5 Å². The molecule has 0 amide bonds. The molecule has 0 saturated carbocycles. The van der Waals surface area contributed by atoms with Crippen LogP contribution >= 0.6 is 0 Å². The molecule has 0 aliphatic heterocycles. The van der Waals surface area contributed by atoms with Gasteiger partial charge in [-0.3, -0.25) is 4.68 Å². The van der Waals surface area contributed by atoms with E-state index in [9.17, 15) is 0 Å². The van der Waals surface area contributed by atoms with Crippen molar-refractivity contribution in [3.63, 3.8) is 0 Å². The predicted octanol–water partition coefficient (Wildman–Crippen LogP) is 2.06. The number of nitrogens with zero attached hydrogens (tertiary/aromatic N) is 2. The Bertz CT molecular complexity index is 420. The van der Waals surface area contributed by atoms with Crippen LogP contribution in [0.4, 0.5) is 0 Å². The van der Waals surface area contributed by atoms with E-state index >= 15 is 0 Å². The van der Waals surface area contributed by atoms with Crippen molar-refractivity contribution in [1.29, 1.82) is 0 Å². The Balaban J connectivity index is 2.72. The van der Waals surface area contributed by atoms with Crippen molar-refractivity contribution in [2.24, 2.45) is 0 Å². The van der Waals surface area contributed by atoms with E-state index in [1.807, 2.05) is 29.1 Å². The maximum atomic E-state index is 5.23. The molecule has 2 rings (SSSR count). The Kier molecular flexibility index (Phi) is 1.93. The first-order chi connectivity index (χ1) is 6.36. The van der Waals surface area contributed by atoms with Gasteiger partial charge in [-0.1, -0.05) is 6.07 Å². The van der Waals surface area contributed by atoms with Crippen LogP contribution in [0.5, 0.6) is 5.75 Å². The third kappa shape index (κ3) is 1.16. The zero-order valence-corrected chi connectivity index (χ0v) is 7.82. The smallest absolute Gasteiger partial charge is 0.129 e. The monoisotopic (exact) mass is 176 g/mol. The summed E-state index contributed by atoms with van der Waals surface area (Å²) in [4.78, 5) is 0. The van der Waals surface area contributed by atoms with Gasteiger partial charge in [-0.15, -0.1) is 0 Å². The highest BCUT2D eigenvalue weighted by molar-refractivity contribution is 5.85. The summed E-state index contributed by atoms with van der Waals surface area (Å²) < 4.78 is 7.19. The number of benzene rings is 1. The van der Waals surface area contributed by atoms with Gasteiger partial charge in [0.15, 0.2) is 0 Å². The maximum Gasteiger partial charge on any atom is 0.129 e. The highest BCUT2D eigenvalue weighted by atomic mass is 16.5. The molecule has 68 valence electrons. The second kappa shape index (κ2) is 3.09. The largest absolute Gasteiger partial charge is 0.496 e. The summed E-state index contributed by atoms with van der Waals surface area (Å²) in [6.07, 6.45) is 1.84. The third-order valence-electron chi connectivity index (χ3n) is 2.17. The van der Waals surface area contributed by atoms with Gasteiger partial charge < -0.3 is 4.74 Å². The highest BCUT2D eigenvalue weighted by Crippen LogP contribution is 2.24. The van der Waals surface area contributed by atoms with E-state index in [1.165, 1.54) is 0 Å². The van der Waals surface area contributed by atoms with Crippen LogP contribution in [-0.4, -0.2) is 16.9 Å². The molecule has 2 aromatic rings. The van der Waals surface area contributed by atoms with Crippen molar-refractivity contribution in [2.75, 3.05) is 7.11 Å². The normalized spacial score (nSPS) is 10.6. The number of aryl methyl sites for hydroxylation is 1. The molecule has 0 atom stereocenters. The summed E-state index contributed by atoms with van der Waals surface area (Å²) in [6.45, 7) is 2.96. The number of fused-ring (bicyclic) bond motifs is 1. The summed E-state index contributed by atoms with van der Waals surface area (Å²) in [6, 6.07) is 5.98. The number of hydrogen-bond donors (Lipinski definition) is 0. The topological polar surface area (TPSA) is 27.1 Å². The first-order valence-corrected chi connectivity index (χ1v) is 4.35. The van der Waals surface area contributed by atoms with E-state index in [2.05, 4.69) is 12.0 Å². The zero-order chi connectivity index (χ0) is 9.26. The van der Waals surface area contributed by atoms with Gasteiger partial charge >= 0.3 is 0 Å². The SMILES string of the molecule is CCn1ncc2c(OC)cccc21. The molecule has 1 aromatic carbocycles. The van der Waals surface area contributed by atoms with Gasteiger partial charge in [0.2, 0.25) is 0 Å². The van der Waals surface area contributed by atoms with Gasteiger partial charge in [0.05, 0.1) is 24.2 Å². The van der Waals surface area contributed by atoms with Crippen LogP contribution in [0.2, 0.25) is 0 Å². The van der Waals surface area contributed by atoms with Crippen LogP contribution in [0.1, 0.15) is 6.92 Å². The minimum absolute atomic E-state index is 0.886. The quantitative estimate of drug-likeness (QED) is 0.700. The van der Waals surface area contributed by atoms with Gasteiger partial charge in [-0.2, -0.15) is 5.10 Å². The van der Waals surface area contributed by atoms with Gasteiger partial charge in [-0.05, 0) is 19.1 Å². The molecule has 13 heavy (non-hydrogen) atoms. The Morgan fingerprint density at radius 2 is 2.31 bits per heavy atom. The molecule has 3 heteroatoms. The number of hydrogen-bond acceptors (Lipinski definition) is 2. The summed E-state index contributed by atoms with van der Waals surface area (Å²) in [5, 5.41) is 5.33. The zero-order valence-electron chi connectivity index (χ0n) is 7.82. The lowest BCUT2D eigenvalue weighted by Gasteiger charge is -2.01. The lowest BCUT2D eigenvalue weighted by molar-refractivity contribution is 0.420. The minimum Gasteiger partial charge on any atom is -0.496 e. The number of methoxy groups -OCH3 is 1. The molecule has 0 fully saturated rings. The van der Waals surface area contributed by atoms with E-state index in [-0.39, 0.29) is 0 Å². The highest BCUT2D eigenvalue weighted by Gasteiger charge is 2.04. The van der Waals surface area contributed by atoms with Gasteiger partial charge in [0, 0.05) is 6.54 Å². The number of rotatable bonds is 2. The Morgan fingerprint density at radius 3 is 3.00 bits per heavy atom. The maximum absolute atomic E-state index is 5.23. The lowest BCUT2D eigenvalue weighted by atomic mass is 10.2. The summed E-state index contributed by atoms with van der Waals surface area (Å²) in [5.41, 5.74) is 1.13. The van der Waals surface area contributed by atoms with E-state index in [0.717, 1.165) is 23.2 Å². The molecule has 0 radical (unpaired) electrons. The van der Waals surface area contributed by atoms with Crippen molar-refractivity contribution >= 4 is 10.9 Å². The Labute approximate surface area is 76.9 Å². The Morgan fingerprint density at radius 1 is 1.46 bits per heavy atom. The molecule has 3 nitrogen and oxygen atoms in total. The van der Waals surface area contributed by atoms with Crippen LogP contribution in [0.3, 0.4) is 0 Å². The van der Waals surface area contributed by atoms with Crippen molar-refractivity contribution < 1.29 is 4.74 Å². The van der Waals surface area contributed by atoms with E-state index in [4.69, 9.17) is 4.74 Å². The molecule has 0 aliphatic rings. The van der Waals surface area contributed by atoms with E-state index < -0.39 is 0 Å². The van der Waals surface area contributed by atoms with Crippen LogP contribution in [0, 0.1) is 0 Å². The fourth-order valence-corrected chi connectivity index (χ4v) is 1.51. The molecule has 0 aliphatic carbocycles. The lowest BCUT2D eigenvalue weighted by Crippen LogP contribution is -1.94. The van der Waals surface area contributed by atoms with Crippen LogP contribution in [0.15, 0.2) is 24.4 Å². The van der Waals surface area contributed by atoms with Gasteiger partial charge in [0.25, 0.3) is 0 Å². The van der Waals surface area contributed by atoms with Crippen molar-refractivity contribution in [1.82, 2.24) is 9.78 Å².